The first kappa shape index (κ1) is 13.8. The largest absolute Gasteiger partial charge is 0.398 e. The lowest BCUT2D eigenvalue weighted by atomic mass is 10.1. The number of nitrogen functional groups attached to an aromatic ring is 1. The van der Waals surface area contributed by atoms with E-state index in [1.54, 1.807) is 18.2 Å². The van der Waals surface area contributed by atoms with E-state index < -0.39 is 5.82 Å². The van der Waals surface area contributed by atoms with Gasteiger partial charge in [-0.1, -0.05) is 23.2 Å². The summed E-state index contributed by atoms with van der Waals surface area (Å²) < 4.78 is 14.7. The Bertz CT molecular complexity index is 818. The minimum Gasteiger partial charge on any atom is -0.398 e. The normalized spacial score (nSPS) is 10.8. The third kappa shape index (κ3) is 2.55. The van der Waals surface area contributed by atoms with E-state index in [0.29, 0.717) is 32.8 Å². The Kier molecular flexibility index (Phi) is 3.48. The Hall–Kier alpha value is -2.18. The molecule has 106 valence electrons. The first-order valence-electron chi connectivity index (χ1n) is 5.85. The van der Waals surface area contributed by atoms with E-state index in [9.17, 15) is 4.39 Å². The van der Waals surface area contributed by atoms with Crippen molar-refractivity contribution in [3.8, 4) is 17.1 Å². The van der Waals surface area contributed by atoms with Crippen molar-refractivity contribution < 1.29 is 4.39 Å². The first-order chi connectivity index (χ1) is 10.1. The molecule has 1 aromatic heterocycles. The van der Waals surface area contributed by atoms with Crippen LogP contribution in [0.2, 0.25) is 10.0 Å². The highest BCUT2D eigenvalue weighted by Crippen LogP contribution is 2.30. The number of nitrogens with two attached hydrogens (primary N) is 1. The average molecular weight is 324 g/mol. The van der Waals surface area contributed by atoms with E-state index in [-0.39, 0.29) is 0 Å². The van der Waals surface area contributed by atoms with Gasteiger partial charge in [-0.25, -0.2) is 4.39 Å². The second kappa shape index (κ2) is 5.31. The summed E-state index contributed by atoms with van der Waals surface area (Å²) in [5.41, 5.74) is 7.23. The highest BCUT2D eigenvalue weighted by molar-refractivity contribution is 6.32. The summed E-state index contributed by atoms with van der Waals surface area (Å²) in [7, 11) is 0. The number of anilines is 1. The molecule has 1 heterocycles. The van der Waals surface area contributed by atoms with Gasteiger partial charge < -0.3 is 5.73 Å². The van der Waals surface area contributed by atoms with Crippen LogP contribution in [0.15, 0.2) is 36.4 Å². The molecule has 0 aliphatic heterocycles. The number of benzene rings is 2. The predicted molar refractivity (Wildman–Crippen MR) is 79.0 cm³/mol. The smallest absolute Gasteiger partial charge is 0.189 e. The van der Waals surface area contributed by atoms with Crippen LogP contribution in [0.4, 0.5) is 10.1 Å². The first-order valence-corrected chi connectivity index (χ1v) is 6.61. The number of nitrogens with zero attached hydrogens (tertiary/aromatic N) is 4. The summed E-state index contributed by atoms with van der Waals surface area (Å²) in [6, 6.07) is 8.87. The molecule has 0 unspecified atom stereocenters. The van der Waals surface area contributed by atoms with E-state index in [1.807, 2.05) is 0 Å². The minimum absolute atomic E-state index is 0.317. The SMILES string of the molecule is Nc1cc(Cl)ccc1-c1nnnn1-c1cc(F)ccc1Cl. The Balaban J connectivity index is 2.19. The zero-order chi connectivity index (χ0) is 15.0. The Labute approximate surface area is 129 Å². The van der Waals surface area contributed by atoms with E-state index >= 15 is 0 Å². The summed E-state index contributed by atoms with van der Waals surface area (Å²) in [6.07, 6.45) is 0. The van der Waals surface area contributed by atoms with Gasteiger partial charge in [-0.2, -0.15) is 4.68 Å². The van der Waals surface area contributed by atoms with Crippen molar-refractivity contribution in [1.29, 1.82) is 0 Å². The van der Waals surface area contributed by atoms with Crippen molar-refractivity contribution in [2.75, 3.05) is 5.73 Å². The number of hydrogen-bond acceptors (Lipinski definition) is 4. The van der Waals surface area contributed by atoms with E-state index in [0.717, 1.165) is 0 Å². The molecule has 0 saturated carbocycles. The van der Waals surface area contributed by atoms with Gasteiger partial charge >= 0.3 is 0 Å². The van der Waals surface area contributed by atoms with E-state index in [4.69, 9.17) is 28.9 Å². The molecule has 0 amide bonds. The molecule has 3 rings (SSSR count). The van der Waals surface area contributed by atoms with Gasteiger partial charge in [-0.05, 0) is 40.8 Å². The van der Waals surface area contributed by atoms with Crippen molar-refractivity contribution in [1.82, 2.24) is 20.2 Å². The van der Waals surface area contributed by atoms with Gasteiger partial charge in [0.25, 0.3) is 0 Å². The monoisotopic (exact) mass is 323 g/mol. The molecule has 0 radical (unpaired) electrons. The maximum atomic E-state index is 13.4. The molecule has 0 atom stereocenters. The number of rotatable bonds is 2. The fourth-order valence-corrected chi connectivity index (χ4v) is 2.28. The molecule has 0 aliphatic carbocycles. The van der Waals surface area contributed by atoms with Crippen LogP contribution in [0.3, 0.4) is 0 Å². The molecule has 0 aliphatic rings. The Morgan fingerprint density at radius 3 is 2.67 bits per heavy atom. The number of hydrogen-bond donors (Lipinski definition) is 1. The molecular formula is C13H8Cl2FN5. The van der Waals surface area contributed by atoms with E-state index in [2.05, 4.69) is 15.5 Å². The zero-order valence-electron chi connectivity index (χ0n) is 10.5. The van der Waals surface area contributed by atoms with Crippen LogP contribution in [-0.2, 0) is 0 Å². The summed E-state index contributed by atoms with van der Waals surface area (Å²) in [4.78, 5) is 0. The molecule has 3 aromatic rings. The fourth-order valence-electron chi connectivity index (χ4n) is 1.90. The molecule has 2 N–H and O–H groups in total. The molecule has 5 nitrogen and oxygen atoms in total. The summed E-state index contributed by atoms with van der Waals surface area (Å²) in [6.45, 7) is 0. The van der Waals surface area contributed by atoms with Crippen LogP contribution in [0.25, 0.3) is 17.1 Å². The lowest BCUT2D eigenvalue weighted by Gasteiger charge is -2.08. The van der Waals surface area contributed by atoms with Crippen molar-refractivity contribution >= 4 is 28.9 Å². The van der Waals surface area contributed by atoms with Crippen LogP contribution < -0.4 is 5.73 Å². The maximum Gasteiger partial charge on any atom is 0.189 e. The predicted octanol–water partition coefficient (Wildman–Crippen LogP) is 3.36. The van der Waals surface area contributed by atoms with Crippen LogP contribution in [0.1, 0.15) is 0 Å². The molecular weight excluding hydrogens is 316 g/mol. The van der Waals surface area contributed by atoms with Gasteiger partial charge in [0.15, 0.2) is 5.82 Å². The highest BCUT2D eigenvalue weighted by Gasteiger charge is 2.16. The number of aromatic nitrogens is 4. The lowest BCUT2D eigenvalue weighted by molar-refractivity contribution is 0.625. The summed E-state index contributed by atoms with van der Waals surface area (Å²) >= 11 is 11.9. The van der Waals surface area contributed by atoms with Crippen molar-refractivity contribution in [3.63, 3.8) is 0 Å². The number of tetrazole rings is 1. The van der Waals surface area contributed by atoms with E-state index in [1.165, 1.54) is 22.9 Å². The summed E-state index contributed by atoms with van der Waals surface area (Å²) in [5.74, 6) is -0.100. The van der Waals surface area contributed by atoms with Gasteiger partial charge in [-0.15, -0.1) is 5.10 Å². The fraction of sp³-hybridized carbons (Fsp3) is 0. The second-order valence-electron chi connectivity index (χ2n) is 4.24. The van der Waals surface area contributed by atoms with Crippen molar-refractivity contribution in [2.24, 2.45) is 0 Å². The molecule has 0 fully saturated rings. The van der Waals surface area contributed by atoms with Crippen LogP contribution in [-0.4, -0.2) is 20.2 Å². The van der Waals surface area contributed by atoms with Gasteiger partial charge in [0.1, 0.15) is 5.82 Å². The minimum atomic E-state index is -0.445. The van der Waals surface area contributed by atoms with Gasteiger partial charge in [0, 0.05) is 22.3 Å². The summed E-state index contributed by atoms with van der Waals surface area (Å²) in [5, 5.41) is 12.2. The molecule has 8 heteroatoms. The Morgan fingerprint density at radius 2 is 1.90 bits per heavy atom. The maximum absolute atomic E-state index is 13.4. The van der Waals surface area contributed by atoms with Crippen molar-refractivity contribution in [3.05, 3.63) is 52.3 Å². The van der Waals surface area contributed by atoms with Crippen molar-refractivity contribution in [2.45, 2.75) is 0 Å². The molecule has 0 saturated heterocycles. The third-order valence-corrected chi connectivity index (χ3v) is 3.42. The van der Waals surface area contributed by atoms with Crippen LogP contribution in [0.5, 0.6) is 0 Å². The lowest BCUT2D eigenvalue weighted by Crippen LogP contribution is -2.03. The van der Waals surface area contributed by atoms with Gasteiger partial charge in [-0.3, -0.25) is 0 Å². The zero-order valence-corrected chi connectivity index (χ0v) is 12.0. The van der Waals surface area contributed by atoms with Gasteiger partial charge in [0.05, 0.1) is 10.7 Å². The highest BCUT2D eigenvalue weighted by atomic mass is 35.5. The second-order valence-corrected chi connectivity index (χ2v) is 5.09. The molecule has 0 bridgehead atoms. The quantitative estimate of drug-likeness (QED) is 0.734. The molecule has 0 spiro atoms. The Morgan fingerprint density at radius 1 is 1.10 bits per heavy atom. The van der Waals surface area contributed by atoms with Gasteiger partial charge in [0.2, 0.25) is 0 Å². The molecule has 2 aromatic carbocycles. The number of halogens is 3. The van der Waals surface area contributed by atoms with Crippen LogP contribution >= 0.6 is 23.2 Å². The topological polar surface area (TPSA) is 69.6 Å². The van der Waals surface area contributed by atoms with Crippen LogP contribution in [0, 0.1) is 5.82 Å². The molecule has 21 heavy (non-hydrogen) atoms. The third-order valence-electron chi connectivity index (χ3n) is 2.86. The average Bonchev–Trinajstić information content (AvgIpc) is 2.90. The standard InChI is InChI=1S/C13H8Cl2FN5/c14-7-1-3-9(11(17)5-7)13-18-19-20-21(13)12-6-8(16)2-4-10(12)15/h1-6H,17H2.